The highest BCUT2D eigenvalue weighted by Gasteiger charge is 2.77. The SMILES string of the molecule is CC1(C)C[C@@H]2C3[C@@H](O)[C@H](OC(=O)CCC(=O)O)[C@H]4[C@H]3O[C@@]21CC[C@@]4(C)O. The molecule has 2 aliphatic carbocycles. The summed E-state index contributed by atoms with van der Waals surface area (Å²) >= 11 is 0. The second-order valence-corrected chi connectivity index (χ2v) is 9.47. The van der Waals surface area contributed by atoms with E-state index in [1.807, 2.05) is 0 Å². The number of carboxylic acids is 1. The molecule has 0 aromatic carbocycles. The molecule has 4 rings (SSSR count). The van der Waals surface area contributed by atoms with Gasteiger partial charge in [-0.25, -0.2) is 0 Å². The topological polar surface area (TPSA) is 113 Å². The van der Waals surface area contributed by atoms with Gasteiger partial charge in [0.2, 0.25) is 0 Å². The Bertz CT molecular complexity index is 642. The number of carbonyl (C=O) groups excluding carboxylic acids is 1. The van der Waals surface area contributed by atoms with Gasteiger partial charge in [-0.2, -0.15) is 0 Å². The van der Waals surface area contributed by atoms with Gasteiger partial charge in [-0.15, -0.1) is 0 Å². The van der Waals surface area contributed by atoms with Crippen LogP contribution in [0.1, 0.15) is 52.9 Å². The Labute approximate surface area is 152 Å². The molecule has 2 saturated heterocycles. The average Bonchev–Trinajstić information content (AvgIpc) is 2.89. The molecule has 0 aromatic rings. The van der Waals surface area contributed by atoms with Crippen LogP contribution in [0, 0.1) is 23.2 Å². The highest BCUT2D eigenvalue weighted by atomic mass is 16.6. The lowest BCUT2D eigenvalue weighted by molar-refractivity contribution is -0.214. The maximum absolute atomic E-state index is 12.1. The molecule has 2 bridgehead atoms. The molecule has 0 radical (unpaired) electrons. The van der Waals surface area contributed by atoms with E-state index in [9.17, 15) is 19.8 Å². The Kier molecular flexibility index (Phi) is 3.80. The van der Waals surface area contributed by atoms with E-state index in [4.69, 9.17) is 14.6 Å². The van der Waals surface area contributed by atoms with Gasteiger partial charge in [0.25, 0.3) is 0 Å². The summed E-state index contributed by atoms with van der Waals surface area (Å²) < 4.78 is 12.0. The van der Waals surface area contributed by atoms with Gasteiger partial charge in [0, 0.05) is 5.92 Å². The predicted octanol–water partition coefficient (Wildman–Crippen LogP) is 1.10. The van der Waals surface area contributed by atoms with E-state index in [-0.39, 0.29) is 41.8 Å². The molecule has 8 atom stereocenters. The first kappa shape index (κ1) is 18.2. The maximum atomic E-state index is 12.1. The van der Waals surface area contributed by atoms with Gasteiger partial charge in [-0.3, -0.25) is 9.59 Å². The van der Waals surface area contributed by atoms with Crippen LogP contribution in [0.3, 0.4) is 0 Å². The average molecular weight is 368 g/mol. The molecule has 4 fully saturated rings. The standard InChI is InChI=1S/C19H28O7/c1-17(2)8-9-12-14(23)16(25-11(22)5-4-10(20)21)13-15(12)26-19(9,17)7-6-18(13,3)24/h9,12-16,23-24H,4-8H2,1-3H3,(H,20,21)/t9-,12?,13-,14-,15+,16-,18-,19+/m1/s1. The van der Waals surface area contributed by atoms with Crippen molar-refractivity contribution in [3.8, 4) is 0 Å². The summed E-state index contributed by atoms with van der Waals surface area (Å²) in [6.07, 6.45) is -0.459. The lowest BCUT2D eigenvalue weighted by Crippen LogP contribution is -2.61. The van der Waals surface area contributed by atoms with Crippen molar-refractivity contribution in [2.45, 2.75) is 82.4 Å². The summed E-state index contributed by atoms with van der Waals surface area (Å²) in [7, 11) is 0. The Morgan fingerprint density at radius 1 is 1.19 bits per heavy atom. The monoisotopic (exact) mass is 368 g/mol. The van der Waals surface area contributed by atoms with E-state index >= 15 is 0 Å². The summed E-state index contributed by atoms with van der Waals surface area (Å²) in [6.45, 7) is 6.08. The first-order valence-corrected chi connectivity index (χ1v) is 9.50. The summed E-state index contributed by atoms with van der Waals surface area (Å²) in [6, 6.07) is 0. The zero-order chi connectivity index (χ0) is 19.1. The molecular weight excluding hydrogens is 340 g/mol. The van der Waals surface area contributed by atoms with Gasteiger partial charge >= 0.3 is 11.9 Å². The van der Waals surface area contributed by atoms with Crippen LogP contribution in [0.25, 0.3) is 0 Å². The maximum Gasteiger partial charge on any atom is 0.306 e. The summed E-state index contributed by atoms with van der Waals surface area (Å²) in [5.41, 5.74) is -1.43. The van der Waals surface area contributed by atoms with Crippen molar-refractivity contribution in [2.75, 3.05) is 0 Å². The molecule has 4 aliphatic rings. The third kappa shape index (κ3) is 2.23. The van der Waals surface area contributed by atoms with Crippen LogP contribution in [0.5, 0.6) is 0 Å². The van der Waals surface area contributed by atoms with Crippen LogP contribution >= 0.6 is 0 Å². The summed E-state index contributed by atoms with van der Waals surface area (Å²) in [4.78, 5) is 22.8. The molecule has 1 spiro atoms. The highest BCUT2D eigenvalue weighted by Crippen LogP contribution is 2.71. The number of hydrogen-bond donors (Lipinski definition) is 3. The number of esters is 1. The molecular formula is C19H28O7. The smallest absolute Gasteiger partial charge is 0.306 e. The van der Waals surface area contributed by atoms with Crippen LogP contribution in [0.4, 0.5) is 0 Å². The number of aliphatic hydroxyl groups excluding tert-OH is 1. The van der Waals surface area contributed by atoms with Crippen molar-refractivity contribution >= 4 is 11.9 Å². The van der Waals surface area contributed by atoms with E-state index in [1.165, 1.54) is 0 Å². The van der Waals surface area contributed by atoms with Gasteiger partial charge in [0.05, 0.1) is 42.2 Å². The number of fused-ring (bicyclic) bond motifs is 1. The molecule has 2 heterocycles. The van der Waals surface area contributed by atoms with Crippen LogP contribution in [0.2, 0.25) is 0 Å². The molecule has 146 valence electrons. The first-order valence-electron chi connectivity index (χ1n) is 9.50. The minimum absolute atomic E-state index is 0.000355. The van der Waals surface area contributed by atoms with E-state index in [0.717, 1.165) is 12.8 Å². The highest BCUT2D eigenvalue weighted by molar-refractivity contribution is 5.76. The van der Waals surface area contributed by atoms with Crippen LogP contribution in [0.15, 0.2) is 0 Å². The Hall–Kier alpha value is -1.18. The fraction of sp³-hybridized carbons (Fsp3) is 0.895. The number of ether oxygens (including phenoxy) is 2. The molecule has 3 N–H and O–H groups in total. The second-order valence-electron chi connectivity index (χ2n) is 9.47. The zero-order valence-corrected chi connectivity index (χ0v) is 15.5. The zero-order valence-electron chi connectivity index (χ0n) is 15.5. The van der Waals surface area contributed by atoms with Gasteiger partial charge in [-0.05, 0) is 37.5 Å². The van der Waals surface area contributed by atoms with Gasteiger partial charge in [0.1, 0.15) is 6.10 Å². The summed E-state index contributed by atoms with van der Waals surface area (Å²) in [5.74, 6) is -2.18. The van der Waals surface area contributed by atoms with Crippen molar-refractivity contribution in [3.05, 3.63) is 0 Å². The van der Waals surface area contributed by atoms with E-state index in [1.54, 1.807) is 6.92 Å². The lowest BCUT2D eigenvalue weighted by atomic mass is 9.48. The van der Waals surface area contributed by atoms with Crippen molar-refractivity contribution in [1.29, 1.82) is 0 Å². The van der Waals surface area contributed by atoms with E-state index < -0.39 is 35.7 Å². The normalized spacial score (nSPS) is 50.5. The molecule has 7 heteroatoms. The number of aliphatic carboxylic acids is 1. The van der Waals surface area contributed by atoms with Gasteiger partial charge in [0.15, 0.2) is 0 Å². The Morgan fingerprint density at radius 3 is 2.50 bits per heavy atom. The van der Waals surface area contributed by atoms with Gasteiger partial charge < -0.3 is 24.8 Å². The first-order chi connectivity index (χ1) is 12.0. The van der Waals surface area contributed by atoms with E-state index in [0.29, 0.717) is 6.42 Å². The van der Waals surface area contributed by atoms with E-state index in [2.05, 4.69) is 13.8 Å². The fourth-order valence-electron chi connectivity index (χ4n) is 6.32. The van der Waals surface area contributed by atoms with Crippen molar-refractivity contribution < 1.29 is 34.4 Å². The molecule has 2 saturated carbocycles. The van der Waals surface area contributed by atoms with Gasteiger partial charge in [-0.1, -0.05) is 13.8 Å². The third-order valence-corrected chi connectivity index (χ3v) is 7.64. The molecule has 26 heavy (non-hydrogen) atoms. The second kappa shape index (κ2) is 5.42. The van der Waals surface area contributed by atoms with Crippen LogP contribution in [-0.2, 0) is 19.1 Å². The van der Waals surface area contributed by atoms with Crippen molar-refractivity contribution in [1.82, 2.24) is 0 Å². The van der Waals surface area contributed by atoms with Crippen molar-refractivity contribution in [2.24, 2.45) is 23.2 Å². The lowest BCUT2D eigenvalue weighted by Gasteiger charge is -2.59. The minimum Gasteiger partial charge on any atom is -0.481 e. The van der Waals surface area contributed by atoms with Crippen LogP contribution in [-0.4, -0.2) is 56.8 Å². The molecule has 0 amide bonds. The number of carboxylic acid groups (broad SMARTS) is 1. The fourth-order valence-corrected chi connectivity index (χ4v) is 6.32. The number of rotatable bonds is 4. The number of hydrogen-bond acceptors (Lipinski definition) is 6. The molecule has 7 nitrogen and oxygen atoms in total. The number of aliphatic hydroxyl groups is 2. The quantitative estimate of drug-likeness (QED) is 0.637. The molecule has 2 aliphatic heterocycles. The summed E-state index contributed by atoms with van der Waals surface area (Å²) in [5, 5.41) is 30.8. The third-order valence-electron chi connectivity index (χ3n) is 7.64. The Balaban J connectivity index is 1.61. The Morgan fingerprint density at radius 2 is 1.88 bits per heavy atom. The van der Waals surface area contributed by atoms with Crippen molar-refractivity contribution in [3.63, 3.8) is 0 Å². The molecule has 0 aromatic heterocycles. The minimum atomic E-state index is -1.11. The number of carbonyl (C=O) groups is 2. The predicted molar refractivity (Wildman–Crippen MR) is 89.1 cm³/mol. The van der Waals surface area contributed by atoms with Crippen LogP contribution < -0.4 is 0 Å². The largest absolute Gasteiger partial charge is 0.481 e. The molecule has 1 unspecified atom stereocenters.